The van der Waals surface area contributed by atoms with E-state index >= 15 is 8.78 Å². The predicted molar refractivity (Wildman–Crippen MR) is 101 cm³/mol. The third-order valence-electron chi connectivity index (χ3n) is 8.20. The number of aliphatic hydroxyl groups is 1. The van der Waals surface area contributed by atoms with Crippen LogP contribution in [-0.2, 0) is 19.0 Å². The van der Waals surface area contributed by atoms with Crippen molar-refractivity contribution in [3.05, 3.63) is 0 Å². The van der Waals surface area contributed by atoms with Crippen molar-refractivity contribution in [2.24, 2.45) is 23.2 Å². The molecule has 3 unspecified atom stereocenters. The van der Waals surface area contributed by atoms with Gasteiger partial charge in [-0.2, -0.15) is 22.0 Å². The Morgan fingerprint density at radius 3 is 2.06 bits per heavy atom. The van der Waals surface area contributed by atoms with Crippen LogP contribution in [0.5, 0.6) is 0 Å². The molecule has 0 aromatic heterocycles. The normalized spacial score (nSPS) is 44.7. The average Bonchev–Trinajstić information content (AvgIpc) is 2.61. The zero-order valence-electron chi connectivity index (χ0n) is 18.9. The van der Waals surface area contributed by atoms with Gasteiger partial charge in [0.2, 0.25) is 0 Å². The van der Waals surface area contributed by atoms with E-state index in [1.54, 1.807) is 13.8 Å². The van der Waals surface area contributed by atoms with Gasteiger partial charge < -0.3 is 19.3 Å². The molecule has 32 heavy (non-hydrogen) atoms. The van der Waals surface area contributed by atoms with Crippen molar-refractivity contribution in [3.63, 3.8) is 0 Å². The highest BCUT2D eigenvalue weighted by Crippen LogP contribution is 2.70. The SMILES string of the molecule is CCC(C)(C)C(=O)OC12CC3CC(C1)C1(OC(C)(C)OC(O)(C(F)(F)F)C1(F)F)C(C3)C2. The smallest absolute Gasteiger partial charge is 0.449 e. The Kier molecular flexibility index (Phi) is 4.95. The van der Waals surface area contributed by atoms with Gasteiger partial charge in [0.15, 0.2) is 5.79 Å². The number of alkyl halides is 5. The maximum atomic E-state index is 15.8. The van der Waals surface area contributed by atoms with Crippen molar-refractivity contribution < 1.29 is 46.1 Å². The van der Waals surface area contributed by atoms with Crippen molar-refractivity contribution in [1.29, 1.82) is 0 Å². The van der Waals surface area contributed by atoms with Crippen LogP contribution in [-0.4, -0.2) is 46.0 Å². The second-order valence-corrected chi connectivity index (χ2v) is 11.3. The summed E-state index contributed by atoms with van der Waals surface area (Å²) in [5, 5.41) is 10.3. The van der Waals surface area contributed by atoms with Gasteiger partial charge in [-0.3, -0.25) is 4.79 Å². The largest absolute Gasteiger partial charge is 0.459 e. The third kappa shape index (κ3) is 3.00. The Labute approximate surface area is 184 Å². The molecule has 1 spiro atoms. The maximum absolute atomic E-state index is 15.8. The molecule has 4 bridgehead atoms. The standard InChI is InChI=1S/C22H31F5O5/c1-6-16(2,3)15(28)30-18-9-12-7-13(10-18)19(14(8-12)11-18)20(23,24)21(29,22(25,26)27)32-17(4,5)31-19/h12-14,29H,6-11H2,1-5H3. The summed E-state index contributed by atoms with van der Waals surface area (Å²) in [6.45, 7) is 7.52. The Morgan fingerprint density at radius 2 is 1.59 bits per heavy atom. The van der Waals surface area contributed by atoms with Gasteiger partial charge in [-0.1, -0.05) is 6.92 Å². The van der Waals surface area contributed by atoms with E-state index < -0.39 is 58.1 Å². The molecule has 0 radical (unpaired) electrons. The second kappa shape index (κ2) is 6.56. The van der Waals surface area contributed by atoms with E-state index in [0.29, 0.717) is 12.8 Å². The first kappa shape index (κ1) is 24.1. The summed E-state index contributed by atoms with van der Waals surface area (Å²) < 4.78 is 89.1. The molecule has 5 aliphatic rings. The van der Waals surface area contributed by atoms with Gasteiger partial charge in [-0.25, -0.2) is 0 Å². The topological polar surface area (TPSA) is 65.0 Å². The van der Waals surface area contributed by atoms with Crippen molar-refractivity contribution in [1.82, 2.24) is 0 Å². The molecule has 0 aromatic carbocycles. The lowest BCUT2D eigenvalue weighted by molar-refractivity contribution is -0.560. The number of esters is 1. The van der Waals surface area contributed by atoms with Crippen LogP contribution in [0.25, 0.3) is 0 Å². The summed E-state index contributed by atoms with van der Waals surface area (Å²) in [5.74, 6) is -14.1. The second-order valence-electron chi connectivity index (χ2n) is 11.3. The van der Waals surface area contributed by atoms with Gasteiger partial charge in [0.1, 0.15) is 11.2 Å². The van der Waals surface area contributed by atoms with Gasteiger partial charge >= 0.3 is 23.9 Å². The number of ether oxygens (including phenoxy) is 3. The Hall–Kier alpha value is -1.00. The minimum atomic E-state index is -5.74. The number of halogens is 5. The van der Waals surface area contributed by atoms with Gasteiger partial charge in [0.05, 0.1) is 5.41 Å². The zero-order valence-corrected chi connectivity index (χ0v) is 18.9. The highest BCUT2D eigenvalue weighted by molar-refractivity contribution is 5.76. The highest BCUT2D eigenvalue weighted by Gasteiger charge is 2.87. The van der Waals surface area contributed by atoms with Gasteiger partial charge in [-0.15, -0.1) is 0 Å². The van der Waals surface area contributed by atoms with Crippen LogP contribution < -0.4 is 0 Å². The van der Waals surface area contributed by atoms with E-state index in [4.69, 9.17) is 9.47 Å². The molecule has 5 nitrogen and oxygen atoms in total. The molecule has 4 aliphatic carbocycles. The number of hydrogen-bond acceptors (Lipinski definition) is 5. The molecule has 1 aliphatic heterocycles. The Balaban J connectivity index is 1.76. The molecular formula is C22H31F5O5. The fourth-order valence-electron chi connectivity index (χ4n) is 6.59. The van der Waals surface area contributed by atoms with Gasteiger partial charge in [-0.05, 0) is 84.0 Å². The molecular weight excluding hydrogens is 439 g/mol. The lowest BCUT2D eigenvalue weighted by Gasteiger charge is -2.69. The van der Waals surface area contributed by atoms with Crippen LogP contribution in [0.1, 0.15) is 73.1 Å². The van der Waals surface area contributed by atoms with E-state index in [0.717, 1.165) is 13.8 Å². The molecule has 5 fully saturated rings. The van der Waals surface area contributed by atoms with E-state index in [-0.39, 0.29) is 31.6 Å². The minimum Gasteiger partial charge on any atom is -0.459 e. The van der Waals surface area contributed by atoms with Crippen molar-refractivity contribution >= 4 is 5.97 Å². The molecule has 0 aromatic rings. The van der Waals surface area contributed by atoms with Gasteiger partial charge in [0, 0.05) is 0 Å². The minimum absolute atomic E-state index is 0.0366. The van der Waals surface area contributed by atoms with Crippen LogP contribution in [0.4, 0.5) is 22.0 Å². The summed E-state index contributed by atoms with van der Waals surface area (Å²) in [6.07, 6.45) is -4.37. The number of rotatable bonds is 3. The van der Waals surface area contributed by atoms with Crippen LogP contribution in [0.2, 0.25) is 0 Å². The Morgan fingerprint density at radius 1 is 1.06 bits per heavy atom. The summed E-state index contributed by atoms with van der Waals surface area (Å²) in [4.78, 5) is 12.8. The van der Waals surface area contributed by atoms with Gasteiger partial charge in [0.25, 0.3) is 0 Å². The monoisotopic (exact) mass is 470 g/mol. The molecule has 0 amide bonds. The fourth-order valence-corrected chi connectivity index (χ4v) is 6.59. The van der Waals surface area contributed by atoms with Crippen LogP contribution >= 0.6 is 0 Å². The molecule has 1 saturated heterocycles. The molecule has 3 atom stereocenters. The van der Waals surface area contributed by atoms with E-state index in [1.807, 2.05) is 6.92 Å². The summed E-state index contributed by atoms with van der Waals surface area (Å²) in [7, 11) is 0. The van der Waals surface area contributed by atoms with Crippen LogP contribution in [0.3, 0.4) is 0 Å². The average molecular weight is 470 g/mol. The maximum Gasteiger partial charge on any atom is 0.449 e. The van der Waals surface area contributed by atoms with Crippen molar-refractivity contribution in [3.8, 4) is 0 Å². The lowest BCUT2D eigenvalue weighted by Crippen LogP contribution is -2.83. The highest BCUT2D eigenvalue weighted by atomic mass is 19.4. The molecule has 5 rings (SSSR count). The number of carbonyl (C=O) groups excluding carboxylic acids is 1. The van der Waals surface area contributed by atoms with E-state index in [9.17, 15) is 23.1 Å². The molecule has 1 heterocycles. The van der Waals surface area contributed by atoms with Crippen molar-refractivity contribution in [2.75, 3.05) is 0 Å². The lowest BCUT2D eigenvalue weighted by atomic mass is 9.46. The van der Waals surface area contributed by atoms with Crippen LogP contribution in [0, 0.1) is 23.2 Å². The van der Waals surface area contributed by atoms with Crippen LogP contribution in [0.15, 0.2) is 0 Å². The zero-order chi connectivity index (χ0) is 24.2. The summed E-state index contributed by atoms with van der Waals surface area (Å²) in [6, 6.07) is 0. The fraction of sp³-hybridized carbons (Fsp3) is 0.955. The summed E-state index contributed by atoms with van der Waals surface area (Å²) >= 11 is 0. The quantitative estimate of drug-likeness (QED) is 0.467. The van der Waals surface area contributed by atoms with E-state index in [1.165, 1.54) is 0 Å². The molecule has 4 saturated carbocycles. The number of carbonyl (C=O) groups is 1. The van der Waals surface area contributed by atoms with Crippen molar-refractivity contribution in [2.45, 2.75) is 108 Å². The number of hydrogen-bond donors (Lipinski definition) is 1. The molecule has 1 N–H and O–H groups in total. The summed E-state index contributed by atoms with van der Waals surface area (Å²) in [5.41, 5.74) is -4.35. The first-order chi connectivity index (χ1) is 14.3. The molecule has 184 valence electrons. The third-order valence-corrected chi connectivity index (χ3v) is 8.20. The first-order valence-corrected chi connectivity index (χ1v) is 11.2. The Bertz CT molecular complexity index is 791. The van der Waals surface area contributed by atoms with E-state index in [2.05, 4.69) is 4.74 Å². The first-order valence-electron chi connectivity index (χ1n) is 11.2. The molecule has 10 heteroatoms. The predicted octanol–water partition coefficient (Wildman–Crippen LogP) is 4.95.